The molecule has 9 heteroatoms. The average molecular weight is 538 g/mol. The molecule has 1 N–H and O–H groups in total. The van der Waals surface area contributed by atoms with E-state index in [9.17, 15) is 8.78 Å². The second-order valence-corrected chi connectivity index (χ2v) is 10.3. The first kappa shape index (κ1) is 22.7. The van der Waals surface area contributed by atoms with Crippen molar-refractivity contribution in [2.45, 2.75) is 44.7 Å². The molecule has 0 radical (unpaired) electrons. The summed E-state index contributed by atoms with van der Waals surface area (Å²) >= 11 is 9.52. The Hall–Kier alpha value is -2.06. The Labute approximate surface area is 204 Å². The second-order valence-electron chi connectivity index (χ2n) is 9.06. The molecule has 1 aromatic carbocycles. The number of benzene rings is 1. The number of ether oxygens (including phenoxy) is 1. The lowest BCUT2D eigenvalue weighted by molar-refractivity contribution is 0.110. The summed E-state index contributed by atoms with van der Waals surface area (Å²) in [6, 6.07) is 8.10. The van der Waals surface area contributed by atoms with Crippen LogP contribution in [0, 0.1) is 17.2 Å². The maximum absolute atomic E-state index is 14.8. The average Bonchev–Trinajstić information content (AvgIpc) is 3.31. The molecule has 2 aliphatic carbocycles. The Morgan fingerprint density at radius 1 is 1.30 bits per heavy atom. The quantitative estimate of drug-likeness (QED) is 0.347. The van der Waals surface area contributed by atoms with Gasteiger partial charge in [0.25, 0.3) is 0 Å². The van der Waals surface area contributed by atoms with Crippen molar-refractivity contribution in [1.82, 2.24) is 15.0 Å². The molecule has 5 rings (SSSR count). The van der Waals surface area contributed by atoms with Gasteiger partial charge in [-0.2, -0.15) is 4.98 Å². The van der Waals surface area contributed by atoms with Crippen molar-refractivity contribution >= 4 is 44.3 Å². The largest absolute Gasteiger partial charge is 0.463 e. The van der Waals surface area contributed by atoms with Gasteiger partial charge in [0.1, 0.15) is 17.5 Å². The van der Waals surface area contributed by atoms with Gasteiger partial charge >= 0.3 is 6.01 Å². The van der Waals surface area contributed by atoms with E-state index in [1.165, 1.54) is 6.20 Å². The predicted molar refractivity (Wildman–Crippen MR) is 128 cm³/mol. The molecule has 2 heterocycles. The summed E-state index contributed by atoms with van der Waals surface area (Å²) in [5.41, 5.74) is 1.04. The topological polar surface area (TPSA) is 59.9 Å². The van der Waals surface area contributed by atoms with Gasteiger partial charge in [0, 0.05) is 22.6 Å². The fourth-order valence-corrected chi connectivity index (χ4v) is 5.99. The Balaban J connectivity index is 1.33. The van der Waals surface area contributed by atoms with Gasteiger partial charge in [0.15, 0.2) is 11.0 Å². The molecule has 2 aromatic heterocycles. The van der Waals surface area contributed by atoms with Crippen molar-refractivity contribution in [1.29, 1.82) is 0 Å². The van der Waals surface area contributed by atoms with Crippen molar-refractivity contribution < 1.29 is 13.5 Å². The minimum Gasteiger partial charge on any atom is -0.463 e. The van der Waals surface area contributed by atoms with Gasteiger partial charge in [-0.05, 0) is 55.7 Å². The Morgan fingerprint density at radius 2 is 2.18 bits per heavy atom. The number of nitrogens with zero attached hydrogens (tertiary/aromatic N) is 3. The Morgan fingerprint density at radius 3 is 3.03 bits per heavy atom. The van der Waals surface area contributed by atoms with Crippen molar-refractivity contribution in [3.05, 3.63) is 51.5 Å². The maximum atomic E-state index is 14.8. The standard InChI is InChI=1S/C24H24BrClF2N4O/c25-16-5-1-3-14(9-16)6-8-29-22-18-12-30-23(31-20(18)19(28)21(26)32-22)33-13-24-7-2-4-15(24)10-17(27)11-24/h1,3,5,9,12,15,17H,2,4,6-8,10-11,13H2,(H,29,32)/t15?,17-,24-/m0/s1. The lowest BCUT2D eigenvalue weighted by Gasteiger charge is -2.28. The van der Waals surface area contributed by atoms with Crippen molar-refractivity contribution in [3.8, 4) is 6.01 Å². The monoisotopic (exact) mass is 536 g/mol. The summed E-state index contributed by atoms with van der Waals surface area (Å²) in [6.45, 7) is 0.925. The summed E-state index contributed by atoms with van der Waals surface area (Å²) < 4.78 is 35.7. The van der Waals surface area contributed by atoms with Crippen LogP contribution in [0.5, 0.6) is 6.01 Å². The van der Waals surface area contributed by atoms with Gasteiger partial charge < -0.3 is 10.1 Å². The van der Waals surface area contributed by atoms with Crippen molar-refractivity contribution in [3.63, 3.8) is 0 Å². The number of alkyl halides is 1. The smallest absolute Gasteiger partial charge is 0.317 e. The fourth-order valence-electron chi connectivity index (χ4n) is 5.37. The van der Waals surface area contributed by atoms with Crippen LogP contribution in [0.2, 0.25) is 5.15 Å². The Kier molecular flexibility index (Phi) is 6.40. The zero-order valence-electron chi connectivity index (χ0n) is 18.0. The second kappa shape index (κ2) is 9.29. The predicted octanol–water partition coefficient (Wildman–Crippen LogP) is 6.53. The number of rotatable bonds is 7. The van der Waals surface area contributed by atoms with Gasteiger partial charge in [-0.15, -0.1) is 0 Å². The first-order valence-electron chi connectivity index (χ1n) is 11.2. The van der Waals surface area contributed by atoms with Gasteiger partial charge in [0.2, 0.25) is 0 Å². The number of pyridine rings is 1. The molecule has 1 unspecified atom stereocenters. The van der Waals surface area contributed by atoms with Gasteiger partial charge in [-0.1, -0.05) is 46.1 Å². The number of nitrogens with one attached hydrogen (secondary N) is 1. The fraction of sp³-hybridized carbons (Fsp3) is 0.458. The summed E-state index contributed by atoms with van der Waals surface area (Å²) in [4.78, 5) is 12.7. The van der Waals surface area contributed by atoms with Crippen LogP contribution in [-0.2, 0) is 6.42 Å². The Bertz CT molecular complexity index is 1180. The number of hydrogen-bond donors (Lipinski definition) is 1. The normalized spacial score (nSPS) is 24.2. The molecule has 2 fully saturated rings. The van der Waals surface area contributed by atoms with Gasteiger partial charge in [0.05, 0.1) is 12.0 Å². The van der Waals surface area contributed by atoms with Gasteiger partial charge in [-0.25, -0.2) is 18.7 Å². The van der Waals surface area contributed by atoms with E-state index in [-0.39, 0.29) is 22.1 Å². The zero-order chi connectivity index (χ0) is 23.0. The molecule has 2 aliphatic rings. The summed E-state index contributed by atoms with van der Waals surface area (Å²) in [5, 5.41) is 3.38. The van der Waals surface area contributed by atoms with E-state index in [1.807, 2.05) is 24.3 Å². The van der Waals surface area contributed by atoms with E-state index in [4.69, 9.17) is 16.3 Å². The molecule has 174 valence electrons. The first-order chi connectivity index (χ1) is 15.9. The lowest BCUT2D eigenvalue weighted by Crippen LogP contribution is -2.28. The van der Waals surface area contributed by atoms with Crippen LogP contribution < -0.4 is 10.1 Å². The molecule has 3 atom stereocenters. The highest BCUT2D eigenvalue weighted by molar-refractivity contribution is 9.10. The third-order valence-corrected chi connectivity index (χ3v) is 7.71. The highest BCUT2D eigenvalue weighted by atomic mass is 79.9. The number of hydrogen-bond acceptors (Lipinski definition) is 5. The van der Waals surface area contributed by atoms with E-state index in [1.54, 1.807) is 0 Å². The third kappa shape index (κ3) is 4.64. The molecule has 0 bridgehead atoms. The number of fused-ring (bicyclic) bond motifs is 2. The lowest BCUT2D eigenvalue weighted by atomic mass is 9.81. The molecule has 33 heavy (non-hydrogen) atoms. The summed E-state index contributed by atoms with van der Waals surface area (Å²) in [5.74, 6) is 0.0471. The number of aromatic nitrogens is 3. The van der Waals surface area contributed by atoms with Crippen LogP contribution in [0.3, 0.4) is 0 Å². The SMILES string of the molecule is Fc1c(Cl)nc(NCCc2cccc(Br)c2)c2cnc(OC[C@@]34CCCC3C[C@H](F)C4)nc12. The van der Waals surface area contributed by atoms with E-state index >= 15 is 0 Å². The molecular formula is C24H24BrClF2N4O. The van der Waals surface area contributed by atoms with Crippen LogP contribution in [-0.4, -0.2) is 34.3 Å². The molecule has 5 nitrogen and oxygen atoms in total. The zero-order valence-corrected chi connectivity index (χ0v) is 20.3. The highest BCUT2D eigenvalue weighted by Gasteiger charge is 2.50. The van der Waals surface area contributed by atoms with Crippen LogP contribution in [0.15, 0.2) is 34.9 Å². The van der Waals surface area contributed by atoms with E-state index in [2.05, 4.69) is 36.2 Å². The molecular weight excluding hydrogens is 514 g/mol. The van der Waals surface area contributed by atoms with Crippen LogP contribution >= 0.6 is 27.5 Å². The molecule has 0 amide bonds. The summed E-state index contributed by atoms with van der Waals surface area (Å²) in [6.07, 6.45) is 5.66. The summed E-state index contributed by atoms with van der Waals surface area (Å²) in [7, 11) is 0. The minimum absolute atomic E-state index is 0.0558. The first-order valence-corrected chi connectivity index (χ1v) is 12.4. The molecule has 0 saturated heterocycles. The van der Waals surface area contributed by atoms with Crippen LogP contribution in [0.4, 0.5) is 14.6 Å². The van der Waals surface area contributed by atoms with E-state index in [0.29, 0.717) is 43.1 Å². The van der Waals surface area contributed by atoms with Gasteiger partial charge in [-0.3, -0.25) is 0 Å². The minimum atomic E-state index is -0.774. The van der Waals surface area contributed by atoms with Crippen molar-refractivity contribution in [2.75, 3.05) is 18.5 Å². The van der Waals surface area contributed by atoms with Crippen LogP contribution in [0.1, 0.15) is 37.7 Å². The third-order valence-electron chi connectivity index (χ3n) is 6.97. The molecule has 0 aliphatic heterocycles. The molecule has 0 spiro atoms. The molecule has 2 saturated carbocycles. The maximum Gasteiger partial charge on any atom is 0.317 e. The van der Waals surface area contributed by atoms with Crippen molar-refractivity contribution in [2.24, 2.45) is 11.3 Å². The highest BCUT2D eigenvalue weighted by Crippen LogP contribution is 2.55. The molecule has 3 aromatic rings. The van der Waals surface area contributed by atoms with E-state index < -0.39 is 12.0 Å². The number of anilines is 1. The van der Waals surface area contributed by atoms with E-state index in [0.717, 1.165) is 35.7 Å². The number of halogens is 4. The van der Waals surface area contributed by atoms with Crippen LogP contribution in [0.25, 0.3) is 10.9 Å².